The van der Waals surface area contributed by atoms with Gasteiger partial charge in [-0.3, -0.25) is 9.80 Å². The van der Waals surface area contributed by atoms with Gasteiger partial charge < -0.3 is 5.73 Å². The van der Waals surface area contributed by atoms with Crippen LogP contribution in [0.4, 0.5) is 0 Å². The van der Waals surface area contributed by atoms with Crippen LogP contribution in [0, 0.1) is 0 Å². The largest absolute Gasteiger partial charge is 0.329 e. The summed E-state index contributed by atoms with van der Waals surface area (Å²) in [5.41, 5.74) is 6.07. The lowest BCUT2D eigenvalue weighted by Crippen LogP contribution is -2.45. The third-order valence-electron chi connectivity index (χ3n) is 5.61. The average Bonchev–Trinajstić information content (AvgIpc) is 2.69. The predicted octanol–water partition coefficient (Wildman–Crippen LogP) is 2.84. The normalized spacial score (nSPS) is 29.6. The molecule has 2 bridgehead atoms. The van der Waals surface area contributed by atoms with Crippen molar-refractivity contribution in [3.63, 3.8) is 0 Å². The molecule has 0 radical (unpaired) electrons. The summed E-state index contributed by atoms with van der Waals surface area (Å²) in [7, 11) is 2.33. The van der Waals surface area contributed by atoms with Crippen molar-refractivity contribution in [1.82, 2.24) is 9.80 Å². The Hall–Kier alpha value is -0.120. The monoisotopic (exact) mass is 281 g/mol. The lowest BCUT2D eigenvalue weighted by atomic mass is 10.0. The first-order valence-corrected chi connectivity index (χ1v) is 8.92. The molecule has 2 N–H and O–H groups in total. The molecule has 0 aliphatic carbocycles. The molecule has 2 rings (SSSR count). The van der Waals surface area contributed by atoms with E-state index in [1.165, 1.54) is 70.9 Å². The second kappa shape index (κ2) is 8.35. The van der Waals surface area contributed by atoms with Crippen LogP contribution in [0.5, 0.6) is 0 Å². The molecule has 3 atom stereocenters. The third-order valence-corrected chi connectivity index (χ3v) is 5.61. The van der Waals surface area contributed by atoms with Gasteiger partial charge in [0, 0.05) is 37.8 Å². The van der Waals surface area contributed by atoms with Gasteiger partial charge in [0.05, 0.1) is 0 Å². The molecule has 118 valence electrons. The van der Waals surface area contributed by atoms with Crippen molar-refractivity contribution in [3.8, 4) is 0 Å². The molecule has 2 heterocycles. The molecule has 0 aromatic rings. The second-order valence-electron chi connectivity index (χ2n) is 6.93. The van der Waals surface area contributed by atoms with Crippen LogP contribution in [0.3, 0.4) is 0 Å². The third kappa shape index (κ3) is 4.19. The first-order valence-electron chi connectivity index (χ1n) is 8.92. The van der Waals surface area contributed by atoms with Gasteiger partial charge in [-0.15, -0.1) is 0 Å². The van der Waals surface area contributed by atoms with Gasteiger partial charge in [0.25, 0.3) is 0 Å². The Bertz CT molecular complexity index is 269. The van der Waals surface area contributed by atoms with Crippen molar-refractivity contribution < 1.29 is 0 Å². The molecule has 2 saturated heterocycles. The molecule has 2 fully saturated rings. The smallest absolute Gasteiger partial charge is 0.0223 e. The van der Waals surface area contributed by atoms with E-state index in [1.807, 2.05) is 0 Å². The van der Waals surface area contributed by atoms with E-state index in [4.69, 9.17) is 5.73 Å². The molecule has 2 aliphatic rings. The molecular formula is C17H35N3. The molecule has 3 unspecified atom stereocenters. The maximum Gasteiger partial charge on any atom is 0.0223 e. The highest BCUT2D eigenvalue weighted by molar-refractivity contribution is 4.92. The van der Waals surface area contributed by atoms with Crippen molar-refractivity contribution in [2.75, 3.05) is 26.7 Å². The van der Waals surface area contributed by atoms with Crippen LogP contribution in [-0.4, -0.2) is 54.6 Å². The summed E-state index contributed by atoms with van der Waals surface area (Å²) in [5, 5.41) is 0. The van der Waals surface area contributed by atoms with Crippen LogP contribution in [0.25, 0.3) is 0 Å². The highest BCUT2D eigenvalue weighted by atomic mass is 15.3. The van der Waals surface area contributed by atoms with Gasteiger partial charge in [0.1, 0.15) is 0 Å². The summed E-state index contributed by atoms with van der Waals surface area (Å²) >= 11 is 0. The predicted molar refractivity (Wildman–Crippen MR) is 87.0 cm³/mol. The van der Waals surface area contributed by atoms with Crippen LogP contribution in [0.1, 0.15) is 64.7 Å². The molecule has 0 spiro atoms. The van der Waals surface area contributed by atoms with Crippen molar-refractivity contribution in [3.05, 3.63) is 0 Å². The van der Waals surface area contributed by atoms with Gasteiger partial charge in [-0.2, -0.15) is 0 Å². The molecular weight excluding hydrogens is 246 g/mol. The standard InChI is InChI=1S/C17H35N3/c1-3-4-5-6-7-8-16(13-18)20-12-11-15-9-10-17(14-20)19(15)2/h15-17H,3-14,18H2,1-2H3. The fourth-order valence-electron chi connectivity index (χ4n) is 4.10. The summed E-state index contributed by atoms with van der Waals surface area (Å²) in [5.74, 6) is 0. The van der Waals surface area contributed by atoms with E-state index in [2.05, 4.69) is 23.8 Å². The van der Waals surface area contributed by atoms with Crippen LogP contribution >= 0.6 is 0 Å². The van der Waals surface area contributed by atoms with Gasteiger partial charge in [-0.1, -0.05) is 39.0 Å². The van der Waals surface area contributed by atoms with Crippen molar-refractivity contribution in [2.45, 2.75) is 82.8 Å². The van der Waals surface area contributed by atoms with E-state index in [-0.39, 0.29) is 0 Å². The number of unbranched alkanes of at least 4 members (excludes halogenated alkanes) is 4. The number of fused-ring (bicyclic) bond motifs is 2. The van der Waals surface area contributed by atoms with Crippen LogP contribution in [0.15, 0.2) is 0 Å². The Morgan fingerprint density at radius 3 is 2.55 bits per heavy atom. The summed E-state index contributed by atoms with van der Waals surface area (Å²) in [6.45, 7) is 5.65. The summed E-state index contributed by atoms with van der Waals surface area (Å²) in [6, 6.07) is 2.26. The van der Waals surface area contributed by atoms with Crippen LogP contribution < -0.4 is 5.73 Å². The Labute approximate surface area is 125 Å². The quantitative estimate of drug-likeness (QED) is 0.694. The summed E-state index contributed by atoms with van der Waals surface area (Å²) in [6.07, 6.45) is 12.4. The summed E-state index contributed by atoms with van der Waals surface area (Å²) < 4.78 is 0. The molecule has 3 heteroatoms. The number of likely N-dealkylation sites (tertiary alicyclic amines) is 1. The van der Waals surface area contributed by atoms with E-state index in [9.17, 15) is 0 Å². The SMILES string of the molecule is CCCCCCCC(CN)N1CCC2CCC(C1)N2C. The summed E-state index contributed by atoms with van der Waals surface area (Å²) in [4.78, 5) is 5.34. The minimum Gasteiger partial charge on any atom is -0.329 e. The molecule has 20 heavy (non-hydrogen) atoms. The zero-order valence-corrected chi connectivity index (χ0v) is 13.7. The van der Waals surface area contributed by atoms with Gasteiger partial charge in [-0.05, 0) is 32.7 Å². The first kappa shape index (κ1) is 16.3. The number of nitrogens with two attached hydrogens (primary N) is 1. The highest BCUT2D eigenvalue weighted by Crippen LogP contribution is 2.29. The maximum absolute atomic E-state index is 6.07. The molecule has 2 aliphatic heterocycles. The van der Waals surface area contributed by atoms with Crippen molar-refractivity contribution in [2.24, 2.45) is 5.73 Å². The van der Waals surface area contributed by atoms with E-state index in [0.717, 1.165) is 18.6 Å². The number of nitrogens with zero attached hydrogens (tertiary/aromatic N) is 2. The number of hydrogen-bond acceptors (Lipinski definition) is 3. The van der Waals surface area contributed by atoms with Crippen LogP contribution in [-0.2, 0) is 0 Å². The first-order chi connectivity index (χ1) is 9.76. The maximum atomic E-state index is 6.07. The number of hydrogen-bond donors (Lipinski definition) is 1. The minimum absolute atomic E-state index is 0.629. The van der Waals surface area contributed by atoms with Gasteiger partial charge >= 0.3 is 0 Å². The molecule has 0 aromatic heterocycles. The van der Waals surface area contributed by atoms with E-state index < -0.39 is 0 Å². The van der Waals surface area contributed by atoms with E-state index in [1.54, 1.807) is 0 Å². The zero-order valence-electron chi connectivity index (χ0n) is 13.7. The van der Waals surface area contributed by atoms with Crippen molar-refractivity contribution >= 4 is 0 Å². The molecule has 0 aromatic carbocycles. The highest BCUT2D eigenvalue weighted by Gasteiger charge is 2.36. The van der Waals surface area contributed by atoms with Gasteiger partial charge in [0.15, 0.2) is 0 Å². The Balaban J connectivity index is 1.76. The molecule has 0 saturated carbocycles. The lowest BCUT2D eigenvalue weighted by Gasteiger charge is -2.32. The molecule has 0 amide bonds. The Morgan fingerprint density at radius 2 is 1.80 bits per heavy atom. The van der Waals surface area contributed by atoms with Gasteiger partial charge in [0.2, 0.25) is 0 Å². The molecule has 3 nitrogen and oxygen atoms in total. The topological polar surface area (TPSA) is 32.5 Å². The van der Waals surface area contributed by atoms with E-state index >= 15 is 0 Å². The second-order valence-corrected chi connectivity index (χ2v) is 6.93. The Morgan fingerprint density at radius 1 is 1.05 bits per heavy atom. The number of rotatable bonds is 8. The fraction of sp³-hybridized carbons (Fsp3) is 1.00. The fourth-order valence-corrected chi connectivity index (χ4v) is 4.10. The average molecular weight is 281 g/mol. The lowest BCUT2D eigenvalue weighted by molar-refractivity contribution is 0.165. The Kier molecular flexibility index (Phi) is 6.79. The zero-order chi connectivity index (χ0) is 14.4. The van der Waals surface area contributed by atoms with E-state index in [0.29, 0.717) is 6.04 Å². The minimum atomic E-state index is 0.629. The van der Waals surface area contributed by atoms with Crippen molar-refractivity contribution in [1.29, 1.82) is 0 Å². The van der Waals surface area contributed by atoms with Gasteiger partial charge in [-0.25, -0.2) is 0 Å². The van der Waals surface area contributed by atoms with Crippen LogP contribution in [0.2, 0.25) is 0 Å². The number of likely N-dealkylation sites (N-methyl/N-ethyl adjacent to an activating group) is 1.